The molecule has 2 fully saturated rings. The Morgan fingerprint density at radius 3 is 2.06 bits per heavy atom. The van der Waals surface area contributed by atoms with Crippen molar-refractivity contribution in [3.8, 4) is 5.75 Å². The molecule has 4 rings (SSSR count). The molecule has 0 N–H and O–H groups in total. The second-order valence-electron chi connectivity index (χ2n) is 10.3. The maximum atomic E-state index is 13.2. The second-order valence-corrected chi connectivity index (χ2v) is 14.1. The van der Waals surface area contributed by atoms with Gasteiger partial charge in [0.2, 0.25) is 20.0 Å². The summed E-state index contributed by atoms with van der Waals surface area (Å²) in [5.74, 6) is 0.917. The van der Waals surface area contributed by atoms with Crippen molar-refractivity contribution >= 4 is 20.0 Å². The van der Waals surface area contributed by atoms with Crippen molar-refractivity contribution in [3.63, 3.8) is 0 Å². The van der Waals surface area contributed by atoms with Gasteiger partial charge in [0.25, 0.3) is 0 Å². The number of fused-ring (bicyclic) bond motifs is 2. The van der Waals surface area contributed by atoms with Gasteiger partial charge in [0.05, 0.1) is 12.0 Å². The van der Waals surface area contributed by atoms with Crippen LogP contribution < -0.4 is 4.74 Å². The molecule has 7 nitrogen and oxygen atoms in total. The van der Waals surface area contributed by atoms with Crippen LogP contribution in [0.4, 0.5) is 0 Å². The van der Waals surface area contributed by atoms with Gasteiger partial charge < -0.3 is 4.74 Å². The summed E-state index contributed by atoms with van der Waals surface area (Å²) in [6, 6.07) is 16.9. The Morgan fingerprint density at radius 2 is 1.51 bits per heavy atom. The largest absolute Gasteiger partial charge is 0.490 e. The van der Waals surface area contributed by atoms with Crippen LogP contribution in [0.1, 0.15) is 50.7 Å². The zero-order valence-electron chi connectivity index (χ0n) is 20.7. The molecule has 2 bridgehead atoms. The Kier molecular flexibility index (Phi) is 7.90. The maximum Gasteiger partial charge on any atom is 0.218 e. The Bertz CT molecular complexity index is 1180. The first-order valence-electron chi connectivity index (χ1n) is 12.3. The van der Waals surface area contributed by atoms with Gasteiger partial charge in [-0.3, -0.25) is 0 Å². The van der Waals surface area contributed by atoms with Crippen LogP contribution in [0, 0.1) is 5.92 Å². The third-order valence-corrected chi connectivity index (χ3v) is 9.87. The first-order chi connectivity index (χ1) is 16.5. The quantitative estimate of drug-likeness (QED) is 0.473. The highest BCUT2D eigenvalue weighted by atomic mass is 32.2. The normalized spacial score (nSPS) is 23.2. The highest BCUT2D eigenvalue weighted by Crippen LogP contribution is 2.38. The molecule has 0 amide bonds. The fraction of sp³-hybridized carbons (Fsp3) is 0.538. The standard InChI is InChI=1S/C26H36N2O5S2/c1-20(2)17-27(35(31,32)19-22-7-5-4-6-8-22)18-21-9-13-25(14-10-21)33-26-15-23-11-12-24(16-26)28(23)34(3,29)30/h4-10,13-14,20,23-24,26H,11-12,15-19H2,1-3H3. The van der Waals surface area contributed by atoms with Crippen molar-refractivity contribution in [2.24, 2.45) is 5.92 Å². The Labute approximate surface area is 210 Å². The molecule has 192 valence electrons. The molecule has 0 radical (unpaired) electrons. The number of piperidine rings is 1. The third-order valence-electron chi connectivity index (χ3n) is 6.74. The number of rotatable bonds is 10. The number of ether oxygens (including phenoxy) is 1. The van der Waals surface area contributed by atoms with E-state index < -0.39 is 20.0 Å². The lowest BCUT2D eigenvalue weighted by Gasteiger charge is -2.37. The molecule has 35 heavy (non-hydrogen) atoms. The first kappa shape index (κ1) is 26.1. The molecule has 2 saturated heterocycles. The van der Waals surface area contributed by atoms with Gasteiger partial charge in [0.1, 0.15) is 11.9 Å². The van der Waals surface area contributed by atoms with Gasteiger partial charge in [-0.05, 0) is 42.0 Å². The zero-order chi connectivity index (χ0) is 25.2. The van der Waals surface area contributed by atoms with E-state index in [1.165, 1.54) is 6.26 Å². The summed E-state index contributed by atoms with van der Waals surface area (Å²) in [7, 11) is -6.67. The van der Waals surface area contributed by atoms with E-state index in [4.69, 9.17) is 4.74 Å². The average Bonchev–Trinajstić information content (AvgIpc) is 3.07. The van der Waals surface area contributed by atoms with Crippen LogP contribution in [-0.4, -0.2) is 56.4 Å². The molecule has 0 saturated carbocycles. The predicted octanol–water partition coefficient (Wildman–Crippen LogP) is 4.01. The van der Waals surface area contributed by atoms with Gasteiger partial charge in [0.15, 0.2) is 0 Å². The van der Waals surface area contributed by atoms with Crippen molar-refractivity contribution < 1.29 is 21.6 Å². The van der Waals surface area contributed by atoms with Gasteiger partial charge in [-0.15, -0.1) is 0 Å². The highest BCUT2D eigenvalue weighted by Gasteiger charge is 2.45. The van der Waals surface area contributed by atoms with Crippen LogP contribution in [0.25, 0.3) is 0 Å². The van der Waals surface area contributed by atoms with E-state index in [0.717, 1.165) is 29.7 Å². The summed E-state index contributed by atoms with van der Waals surface area (Å²) in [6.07, 6.45) is 4.46. The minimum atomic E-state index is -3.48. The van der Waals surface area contributed by atoms with E-state index in [2.05, 4.69) is 0 Å². The zero-order valence-corrected chi connectivity index (χ0v) is 22.3. The first-order valence-corrected chi connectivity index (χ1v) is 15.7. The SMILES string of the molecule is CC(C)CN(Cc1ccc(OC2CC3CCC(C2)N3S(C)(=O)=O)cc1)S(=O)(=O)Cc1ccccc1. The van der Waals surface area contributed by atoms with Crippen LogP contribution in [0.5, 0.6) is 5.75 Å². The Balaban J connectivity index is 1.40. The van der Waals surface area contributed by atoms with E-state index in [1.54, 1.807) is 8.61 Å². The molecular formula is C26H36N2O5S2. The van der Waals surface area contributed by atoms with Crippen LogP contribution >= 0.6 is 0 Å². The van der Waals surface area contributed by atoms with Gasteiger partial charge >= 0.3 is 0 Å². The summed E-state index contributed by atoms with van der Waals surface area (Å²) >= 11 is 0. The molecule has 2 unspecified atom stereocenters. The van der Waals surface area contributed by atoms with Crippen molar-refractivity contribution in [2.75, 3.05) is 12.8 Å². The summed E-state index contributed by atoms with van der Waals surface area (Å²) in [6.45, 7) is 4.80. The smallest absolute Gasteiger partial charge is 0.218 e. The molecule has 0 aromatic heterocycles. The fourth-order valence-corrected chi connectivity index (χ4v) is 8.48. The lowest BCUT2D eigenvalue weighted by atomic mass is 10.0. The van der Waals surface area contributed by atoms with E-state index in [0.29, 0.717) is 25.9 Å². The second kappa shape index (κ2) is 10.6. The molecule has 2 aliphatic rings. The summed E-state index contributed by atoms with van der Waals surface area (Å²) in [5.41, 5.74) is 1.68. The van der Waals surface area contributed by atoms with Crippen LogP contribution in [0.15, 0.2) is 54.6 Å². The number of hydrogen-bond acceptors (Lipinski definition) is 5. The van der Waals surface area contributed by atoms with E-state index >= 15 is 0 Å². The number of sulfonamides is 2. The van der Waals surface area contributed by atoms with E-state index in [9.17, 15) is 16.8 Å². The van der Waals surface area contributed by atoms with Crippen molar-refractivity contribution in [1.29, 1.82) is 0 Å². The van der Waals surface area contributed by atoms with Gasteiger partial charge in [-0.25, -0.2) is 16.8 Å². The number of benzene rings is 2. The van der Waals surface area contributed by atoms with Crippen LogP contribution in [0.2, 0.25) is 0 Å². The molecule has 2 aromatic rings. The van der Waals surface area contributed by atoms with Crippen molar-refractivity contribution in [1.82, 2.24) is 8.61 Å². The maximum absolute atomic E-state index is 13.2. The molecule has 0 aliphatic carbocycles. The van der Waals surface area contributed by atoms with Gasteiger partial charge in [-0.2, -0.15) is 8.61 Å². The summed E-state index contributed by atoms with van der Waals surface area (Å²) in [4.78, 5) is 0. The van der Waals surface area contributed by atoms with Gasteiger partial charge in [-0.1, -0.05) is 56.3 Å². The number of hydrogen-bond donors (Lipinski definition) is 0. The Hall–Kier alpha value is -1.94. The monoisotopic (exact) mass is 520 g/mol. The van der Waals surface area contributed by atoms with Gasteiger partial charge in [0, 0.05) is 38.0 Å². The van der Waals surface area contributed by atoms with Crippen LogP contribution in [0.3, 0.4) is 0 Å². The molecule has 9 heteroatoms. The predicted molar refractivity (Wildman–Crippen MR) is 138 cm³/mol. The third kappa shape index (κ3) is 6.64. The fourth-order valence-electron chi connectivity index (χ4n) is 5.35. The summed E-state index contributed by atoms with van der Waals surface area (Å²) < 4.78 is 60.1. The highest BCUT2D eigenvalue weighted by molar-refractivity contribution is 7.88. The average molecular weight is 521 g/mol. The number of nitrogens with zero attached hydrogens (tertiary/aromatic N) is 2. The summed E-state index contributed by atoms with van der Waals surface area (Å²) in [5, 5.41) is 0. The molecular weight excluding hydrogens is 484 g/mol. The van der Waals surface area contributed by atoms with Crippen molar-refractivity contribution in [2.45, 2.75) is 70.0 Å². The minimum absolute atomic E-state index is 0.0139. The van der Waals surface area contributed by atoms with E-state index in [1.807, 2.05) is 68.4 Å². The molecule has 0 spiro atoms. The van der Waals surface area contributed by atoms with Crippen LogP contribution in [-0.2, 0) is 32.3 Å². The lowest BCUT2D eigenvalue weighted by Crippen LogP contribution is -2.48. The van der Waals surface area contributed by atoms with E-state index in [-0.39, 0.29) is 29.9 Å². The topological polar surface area (TPSA) is 84.0 Å². The Morgan fingerprint density at radius 1 is 0.914 bits per heavy atom. The molecule has 2 atom stereocenters. The molecule has 2 aliphatic heterocycles. The molecule has 2 aromatic carbocycles. The minimum Gasteiger partial charge on any atom is -0.490 e. The van der Waals surface area contributed by atoms with Crippen molar-refractivity contribution in [3.05, 3.63) is 65.7 Å². The lowest BCUT2D eigenvalue weighted by molar-refractivity contribution is 0.0960. The molecule has 2 heterocycles.